The molecular weight excluding hydrogens is 246 g/mol. The number of nitrogens with two attached hydrogens (primary N) is 1. The van der Waals surface area contributed by atoms with E-state index in [-0.39, 0.29) is 11.8 Å². The first-order valence-corrected chi connectivity index (χ1v) is 7.17. The van der Waals surface area contributed by atoms with Crippen LogP contribution in [0.1, 0.15) is 41.4 Å². The molecule has 2 unspecified atom stereocenters. The molecule has 3 rings (SSSR count). The first kappa shape index (κ1) is 12.9. The Labute approximate surface area is 119 Å². The highest BCUT2D eigenvalue weighted by Crippen LogP contribution is 2.44. The Bertz CT molecular complexity index is 606. The summed E-state index contributed by atoms with van der Waals surface area (Å²) in [6, 6.07) is 18.9. The SMILES string of the molecule is NC(=O)CC(c1ccccc1)C1CCc2ccccc21. The lowest BCUT2D eigenvalue weighted by molar-refractivity contribution is -0.118. The van der Waals surface area contributed by atoms with E-state index in [2.05, 4.69) is 36.4 Å². The van der Waals surface area contributed by atoms with E-state index < -0.39 is 0 Å². The predicted molar refractivity (Wildman–Crippen MR) is 80.5 cm³/mol. The summed E-state index contributed by atoms with van der Waals surface area (Å²) in [5, 5.41) is 0. The molecule has 0 aliphatic heterocycles. The van der Waals surface area contributed by atoms with Crippen molar-refractivity contribution in [3.05, 3.63) is 71.3 Å². The Balaban J connectivity index is 1.97. The number of amides is 1. The zero-order chi connectivity index (χ0) is 13.9. The third-order valence-corrected chi connectivity index (χ3v) is 4.31. The maximum Gasteiger partial charge on any atom is 0.218 e. The van der Waals surface area contributed by atoms with Crippen LogP contribution in [-0.4, -0.2) is 5.91 Å². The summed E-state index contributed by atoms with van der Waals surface area (Å²) in [6.45, 7) is 0. The minimum atomic E-state index is -0.219. The van der Waals surface area contributed by atoms with Gasteiger partial charge in [0, 0.05) is 6.42 Å². The van der Waals surface area contributed by atoms with Crippen molar-refractivity contribution in [3.8, 4) is 0 Å². The van der Waals surface area contributed by atoms with Gasteiger partial charge >= 0.3 is 0 Å². The van der Waals surface area contributed by atoms with Crippen LogP contribution in [0.2, 0.25) is 0 Å². The maximum atomic E-state index is 11.5. The molecule has 1 aliphatic carbocycles. The molecule has 0 saturated heterocycles. The van der Waals surface area contributed by atoms with Crippen molar-refractivity contribution in [1.29, 1.82) is 0 Å². The molecule has 0 fully saturated rings. The first-order valence-electron chi connectivity index (χ1n) is 7.17. The average Bonchev–Trinajstić information content (AvgIpc) is 2.89. The van der Waals surface area contributed by atoms with Crippen LogP contribution in [-0.2, 0) is 11.2 Å². The van der Waals surface area contributed by atoms with Crippen LogP contribution in [0.5, 0.6) is 0 Å². The fourth-order valence-electron chi connectivity index (χ4n) is 3.42. The van der Waals surface area contributed by atoms with E-state index in [9.17, 15) is 4.79 Å². The number of benzene rings is 2. The fraction of sp³-hybridized carbons (Fsp3) is 0.278. The van der Waals surface area contributed by atoms with Crippen LogP contribution in [0.15, 0.2) is 54.6 Å². The van der Waals surface area contributed by atoms with Crippen molar-refractivity contribution in [3.63, 3.8) is 0 Å². The zero-order valence-electron chi connectivity index (χ0n) is 11.5. The number of hydrogen-bond donors (Lipinski definition) is 1. The first-order chi connectivity index (χ1) is 9.75. The minimum absolute atomic E-state index is 0.192. The number of aryl methyl sites for hydroxylation is 1. The Morgan fingerprint density at radius 1 is 1.10 bits per heavy atom. The standard InChI is InChI=1S/C18H19NO/c19-18(20)12-17(13-6-2-1-3-7-13)16-11-10-14-8-4-5-9-15(14)16/h1-9,16-17H,10-12H2,(H2,19,20). The second-order valence-corrected chi connectivity index (χ2v) is 5.53. The second-order valence-electron chi connectivity index (χ2n) is 5.53. The van der Waals surface area contributed by atoms with Gasteiger partial charge in [-0.25, -0.2) is 0 Å². The molecule has 102 valence electrons. The maximum absolute atomic E-state index is 11.5. The third kappa shape index (κ3) is 2.46. The van der Waals surface area contributed by atoms with Crippen molar-refractivity contribution in [2.24, 2.45) is 5.73 Å². The molecule has 0 radical (unpaired) electrons. The number of hydrogen-bond acceptors (Lipinski definition) is 1. The lowest BCUT2D eigenvalue weighted by Crippen LogP contribution is -2.19. The van der Waals surface area contributed by atoms with Gasteiger partial charge in [-0.2, -0.15) is 0 Å². The fourth-order valence-corrected chi connectivity index (χ4v) is 3.42. The normalized spacial score (nSPS) is 18.5. The molecule has 0 spiro atoms. The average molecular weight is 265 g/mol. The van der Waals surface area contributed by atoms with Crippen LogP contribution in [0, 0.1) is 0 Å². The Morgan fingerprint density at radius 3 is 2.55 bits per heavy atom. The molecule has 2 aromatic rings. The minimum Gasteiger partial charge on any atom is -0.370 e. The quantitative estimate of drug-likeness (QED) is 0.904. The molecule has 2 N–H and O–H groups in total. The highest BCUT2D eigenvalue weighted by Gasteiger charge is 2.31. The molecule has 1 amide bonds. The van der Waals surface area contributed by atoms with Crippen LogP contribution < -0.4 is 5.73 Å². The van der Waals surface area contributed by atoms with E-state index in [0.29, 0.717) is 12.3 Å². The van der Waals surface area contributed by atoms with Crippen LogP contribution >= 0.6 is 0 Å². The number of carbonyl (C=O) groups is 1. The van der Waals surface area contributed by atoms with Gasteiger partial charge in [-0.1, -0.05) is 54.6 Å². The molecule has 1 aliphatic rings. The summed E-state index contributed by atoms with van der Waals surface area (Å²) in [7, 11) is 0. The van der Waals surface area contributed by atoms with Gasteiger partial charge in [0.15, 0.2) is 0 Å². The number of primary amides is 1. The van der Waals surface area contributed by atoms with E-state index in [1.54, 1.807) is 0 Å². The van der Waals surface area contributed by atoms with Crippen molar-refractivity contribution >= 4 is 5.91 Å². The second kappa shape index (κ2) is 5.49. The molecular formula is C18H19NO. The molecule has 2 nitrogen and oxygen atoms in total. The van der Waals surface area contributed by atoms with Gasteiger partial charge in [-0.3, -0.25) is 4.79 Å². The highest BCUT2D eigenvalue weighted by molar-refractivity contribution is 5.75. The largest absolute Gasteiger partial charge is 0.370 e. The number of fused-ring (bicyclic) bond motifs is 1. The van der Waals surface area contributed by atoms with Crippen molar-refractivity contribution in [2.75, 3.05) is 0 Å². The van der Waals surface area contributed by atoms with Crippen LogP contribution in [0.3, 0.4) is 0 Å². The van der Waals surface area contributed by atoms with Crippen LogP contribution in [0.25, 0.3) is 0 Å². The molecule has 0 heterocycles. The van der Waals surface area contributed by atoms with Gasteiger partial charge in [0.05, 0.1) is 0 Å². The molecule has 2 atom stereocenters. The van der Waals surface area contributed by atoms with E-state index >= 15 is 0 Å². The summed E-state index contributed by atoms with van der Waals surface area (Å²) in [5.41, 5.74) is 9.51. The summed E-state index contributed by atoms with van der Waals surface area (Å²) < 4.78 is 0. The van der Waals surface area contributed by atoms with E-state index in [0.717, 1.165) is 12.8 Å². The number of rotatable bonds is 4. The zero-order valence-corrected chi connectivity index (χ0v) is 11.5. The van der Waals surface area contributed by atoms with Gasteiger partial charge in [-0.15, -0.1) is 0 Å². The predicted octanol–water partition coefficient (Wildman–Crippen LogP) is 3.38. The van der Waals surface area contributed by atoms with Gasteiger partial charge in [0.2, 0.25) is 5.91 Å². The number of carbonyl (C=O) groups excluding carboxylic acids is 1. The van der Waals surface area contributed by atoms with Crippen molar-refractivity contribution in [1.82, 2.24) is 0 Å². The molecule has 2 heteroatoms. The van der Waals surface area contributed by atoms with E-state index in [4.69, 9.17) is 5.73 Å². The third-order valence-electron chi connectivity index (χ3n) is 4.31. The Kier molecular flexibility index (Phi) is 3.55. The van der Waals surface area contributed by atoms with Crippen LogP contribution in [0.4, 0.5) is 0 Å². The lowest BCUT2D eigenvalue weighted by atomic mass is 9.80. The monoisotopic (exact) mass is 265 g/mol. The van der Waals surface area contributed by atoms with E-state index in [1.165, 1.54) is 16.7 Å². The summed E-state index contributed by atoms with van der Waals surface area (Å²) in [6.07, 6.45) is 2.62. The summed E-state index contributed by atoms with van der Waals surface area (Å²) in [4.78, 5) is 11.5. The molecule has 0 saturated carbocycles. The molecule has 0 aromatic heterocycles. The highest BCUT2D eigenvalue weighted by atomic mass is 16.1. The Hall–Kier alpha value is -2.09. The topological polar surface area (TPSA) is 43.1 Å². The summed E-state index contributed by atoms with van der Waals surface area (Å²) in [5.74, 6) is 0.377. The molecule has 2 aromatic carbocycles. The van der Waals surface area contributed by atoms with Gasteiger partial charge in [0.1, 0.15) is 0 Å². The van der Waals surface area contributed by atoms with E-state index in [1.807, 2.05) is 18.2 Å². The lowest BCUT2D eigenvalue weighted by Gasteiger charge is -2.24. The van der Waals surface area contributed by atoms with Crippen molar-refractivity contribution < 1.29 is 4.79 Å². The molecule has 0 bridgehead atoms. The van der Waals surface area contributed by atoms with Gasteiger partial charge in [0.25, 0.3) is 0 Å². The molecule has 20 heavy (non-hydrogen) atoms. The smallest absolute Gasteiger partial charge is 0.218 e. The van der Waals surface area contributed by atoms with Gasteiger partial charge < -0.3 is 5.73 Å². The Morgan fingerprint density at radius 2 is 1.80 bits per heavy atom. The van der Waals surface area contributed by atoms with Crippen molar-refractivity contribution in [2.45, 2.75) is 31.1 Å². The summed E-state index contributed by atoms with van der Waals surface area (Å²) >= 11 is 0. The van der Waals surface area contributed by atoms with Gasteiger partial charge in [-0.05, 0) is 41.4 Å².